The third-order valence-corrected chi connectivity index (χ3v) is 4.53. The second kappa shape index (κ2) is 5.45. The van der Waals surface area contributed by atoms with Crippen molar-refractivity contribution in [3.63, 3.8) is 0 Å². The van der Waals surface area contributed by atoms with Gasteiger partial charge in [-0.05, 0) is 19.4 Å². The number of β-amino-alcohol motifs (C(OH)–C–C–N with tert-alkyl or cyclic N) is 1. The van der Waals surface area contributed by atoms with Gasteiger partial charge in [-0.1, -0.05) is 23.4 Å². The van der Waals surface area contributed by atoms with E-state index in [9.17, 15) is 9.90 Å². The standard InChI is InChI=1S/C17H18N4O3/c1-12-15(13-4-2-3-5-14(13)24-12)16(22)20-8-6-17(23,10-20)11-21-9-7-18-19-21/h2-5,7,9,23H,6,8,10-11H2,1H3. The normalized spacial score (nSPS) is 20.8. The molecule has 1 aromatic carbocycles. The lowest BCUT2D eigenvalue weighted by Crippen LogP contribution is -2.39. The molecule has 1 saturated heterocycles. The van der Waals surface area contributed by atoms with E-state index in [4.69, 9.17) is 4.42 Å². The van der Waals surface area contributed by atoms with Crippen LogP contribution >= 0.6 is 0 Å². The summed E-state index contributed by atoms with van der Waals surface area (Å²) < 4.78 is 7.27. The first-order valence-corrected chi connectivity index (χ1v) is 7.90. The van der Waals surface area contributed by atoms with E-state index >= 15 is 0 Å². The average molecular weight is 326 g/mol. The van der Waals surface area contributed by atoms with Crippen LogP contribution in [0, 0.1) is 6.92 Å². The van der Waals surface area contributed by atoms with E-state index in [1.165, 1.54) is 0 Å². The van der Waals surface area contributed by atoms with Gasteiger partial charge in [0.05, 0.1) is 24.8 Å². The summed E-state index contributed by atoms with van der Waals surface area (Å²) in [5, 5.41) is 19.2. The number of para-hydroxylation sites is 1. The smallest absolute Gasteiger partial charge is 0.258 e. The Balaban J connectivity index is 1.58. The summed E-state index contributed by atoms with van der Waals surface area (Å²) in [7, 11) is 0. The number of aryl methyl sites for hydroxylation is 1. The van der Waals surface area contributed by atoms with Crippen molar-refractivity contribution < 1.29 is 14.3 Å². The SMILES string of the molecule is Cc1oc2ccccc2c1C(=O)N1CCC(O)(Cn2ccnn2)C1. The Kier molecular flexibility index (Phi) is 3.38. The summed E-state index contributed by atoms with van der Waals surface area (Å²) in [6.45, 7) is 2.89. The highest BCUT2D eigenvalue weighted by Gasteiger charge is 2.40. The van der Waals surface area contributed by atoms with Crippen LogP contribution in [-0.2, 0) is 6.54 Å². The number of rotatable bonds is 3. The first-order chi connectivity index (χ1) is 11.6. The van der Waals surface area contributed by atoms with Gasteiger partial charge in [-0.25, -0.2) is 4.68 Å². The third kappa shape index (κ3) is 2.46. The molecule has 1 unspecified atom stereocenters. The predicted octanol–water partition coefficient (Wildman–Crippen LogP) is 1.61. The lowest BCUT2D eigenvalue weighted by Gasteiger charge is -2.23. The number of fused-ring (bicyclic) bond motifs is 1. The van der Waals surface area contributed by atoms with Gasteiger partial charge >= 0.3 is 0 Å². The number of benzene rings is 1. The second-order valence-corrected chi connectivity index (χ2v) is 6.33. The molecule has 1 amide bonds. The van der Waals surface area contributed by atoms with Crippen molar-refractivity contribution in [2.24, 2.45) is 0 Å². The van der Waals surface area contributed by atoms with Gasteiger partial charge in [0.2, 0.25) is 0 Å². The van der Waals surface area contributed by atoms with Crippen LogP contribution in [0.5, 0.6) is 0 Å². The molecule has 1 aliphatic heterocycles. The minimum Gasteiger partial charge on any atom is -0.461 e. The molecule has 1 atom stereocenters. The number of carbonyl (C=O) groups excluding carboxylic acids is 1. The van der Waals surface area contributed by atoms with E-state index in [1.807, 2.05) is 24.3 Å². The first-order valence-electron chi connectivity index (χ1n) is 7.90. The molecule has 2 aromatic heterocycles. The molecule has 3 aromatic rings. The molecule has 7 heteroatoms. The largest absolute Gasteiger partial charge is 0.461 e. The lowest BCUT2D eigenvalue weighted by molar-refractivity contribution is 0.0266. The number of likely N-dealkylation sites (tertiary alicyclic amines) is 1. The molecular formula is C17H18N4O3. The number of carbonyl (C=O) groups is 1. The van der Waals surface area contributed by atoms with Crippen molar-refractivity contribution >= 4 is 16.9 Å². The van der Waals surface area contributed by atoms with Crippen LogP contribution in [0.15, 0.2) is 41.1 Å². The van der Waals surface area contributed by atoms with Gasteiger partial charge in [-0.3, -0.25) is 4.79 Å². The number of aliphatic hydroxyl groups is 1. The Morgan fingerprint density at radius 3 is 3.04 bits per heavy atom. The van der Waals surface area contributed by atoms with Crippen LogP contribution in [0.3, 0.4) is 0 Å². The van der Waals surface area contributed by atoms with Crippen molar-refractivity contribution in [1.82, 2.24) is 19.9 Å². The molecule has 0 aliphatic carbocycles. The van der Waals surface area contributed by atoms with Crippen LogP contribution in [0.2, 0.25) is 0 Å². The van der Waals surface area contributed by atoms with Gasteiger partial charge < -0.3 is 14.4 Å². The number of hydrogen-bond acceptors (Lipinski definition) is 5. The average Bonchev–Trinajstić information content (AvgIpc) is 3.25. The van der Waals surface area contributed by atoms with E-state index in [2.05, 4.69) is 10.3 Å². The Morgan fingerprint density at radius 2 is 2.25 bits per heavy atom. The Labute approximate surface area is 138 Å². The number of aromatic nitrogens is 3. The Morgan fingerprint density at radius 1 is 1.42 bits per heavy atom. The molecule has 1 N–H and O–H groups in total. The number of nitrogens with zero attached hydrogens (tertiary/aromatic N) is 4. The molecule has 24 heavy (non-hydrogen) atoms. The topological polar surface area (TPSA) is 84.4 Å². The van der Waals surface area contributed by atoms with Gasteiger partial charge in [0.25, 0.3) is 5.91 Å². The van der Waals surface area contributed by atoms with Crippen molar-refractivity contribution in [1.29, 1.82) is 0 Å². The van der Waals surface area contributed by atoms with Gasteiger partial charge in [-0.15, -0.1) is 5.10 Å². The van der Waals surface area contributed by atoms with E-state index in [-0.39, 0.29) is 12.5 Å². The summed E-state index contributed by atoms with van der Waals surface area (Å²) in [6, 6.07) is 7.51. The third-order valence-electron chi connectivity index (χ3n) is 4.53. The highest BCUT2D eigenvalue weighted by Crippen LogP contribution is 2.30. The summed E-state index contributed by atoms with van der Waals surface area (Å²) in [4.78, 5) is 14.6. The number of amides is 1. The minimum atomic E-state index is -0.989. The minimum absolute atomic E-state index is 0.105. The summed E-state index contributed by atoms with van der Waals surface area (Å²) in [5.74, 6) is 0.500. The zero-order chi connectivity index (χ0) is 16.7. The van der Waals surface area contributed by atoms with Crippen molar-refractivity contribution in [2.45, 2.75) is 25.5 Å². The van der Waals surface area contributed by atoms with Crippen molar-refractivity contribution in [2.75, 3.05) is 13.1 Å². The van der Waals surface area contributed by atoms with Gasteiger partial charge in [0.15, 0.2) is 0 Å². The van der Waals surface area contributed by atoms with Gasteiger partial charge in [0.1, 0.15) is 16.9 Å². The Hall–Kier alpha value is -2.67. The molecule has 3 heterocycles. The van der Waals surface area contributed by atoms with E-state index < -0.39 is 5.60 Å². The van der Waals surface area contributed by atoms with Crippen LogP contribution in [0.25, 0.3) is 11.0 Å². The quantitative estimate of drug-likeness (QED) is 0.790. The molecule has 124 valence electrons. The van der Waals surface area contributed by atoms with E-state index in [0.717, 1.165) is 5.39 Å². The van der Waals surface area contributed by atoms with Gasteiger partial charge in [0, 0.05) is 18.1 Å². The van der Waals surface area contributed by atoms with Crippen molar-refractivity contribution in [3.8, 4) is 0 Å². The fourth-order valence-electron chi connectivity index (χ4n) is 3.37. The molecule has 0 spiro atoms. The molecule has 4 rings (SSSR count). The highest BCUT2D eigenvalue weighted by molar-refractivity contribution is 6.07. The molecule has 0 bridgehead atoms. The Bertz CT molecular complexity index is 887. The summed E-state index contributed by atoms with van der Waals surface area (Å²) in [6.07, 6.45) is 3.78. The van der Waals surface area contributed by atoms with Crippen LogP contribution < -0.4 is 0 Å². The first kappa shape index (κ1) is 14.9. The summed E-state index contributed by atoms with van der Waals surface area (Å²) >= 11 is 0. The molecule has 0 radical (unpaired) electrons. The van der Waals surface area contributed by atoms with E-state index in [0.29, 0.717) is 36.4 Å². The molecule has 0 saturated carbocycles. The number of hydrogen-bond donors (Lipinski definition) is 1. The summed E-state index contributed by atoms with van der Waals surface area (Å²) in [5.41, 5.74) is 0.294. The monoisotopic (exact) mass is 326 g/mol. The van der Waals surface area contributed by atoms with Crippen LogP contribution in [-0.4, -0.2) is 49.6 Å². The zero-order valence-corrected chi connectivity index (χ0v) is 13.3. The molecule has 7 nitrogen and oxygen atoms in total. The van der Waals surface area contributed by atoms with E-state index in [1.54, 1.807) is 28.9 Å². The molecule has 1 fully saturated rings. The maximum atomic E-state index is 13.0. The lowest BCUT2D eigenvalue weighted by atomic mass is 10.0. The second-order valence-electron chi connectivity index (χ2n) is 6.33. The zero-order valence-electron chi connectivity index (χ0n) is 13.3. The maximum Gasteiger partial charge on any atom is 0.258 e. The molecular weight excluding hydrogens is 308 g/mol. The predicted molar refractivity (Wildman–Crippen MR) is 86.4 cm³/mol. The van der Waals surface area contributed by atoms with Crippen LogP contribution in [0.4, 0.5) is 0 Å². The van der Waals surface area contributed by atoms with Gasteiger partial charge in [-0.2, -0.15) is 0 Å². The van der Waals surface area contributed by atoms with Crippen LogP contribution in [0.1, 0.15) is 22.5 Å². The maximum absolute atomic E-state index is 13.0. The molecule has 1 aliphatic rings. The fourth-order valence-corrected chi connectivity index (χ4v) is 3.37. The number of furan rings is 1. The highest BCUT2D eigenvalue weighted by atomic mass is 16.3. The van der Waals surface area contributed by atoms with Crippen molar-refractivity contribution in [3.05, 3.63) is 48.0 Å². The fraction of sp³-hybridized carbons (Fsp3) is 0.353.